The largest absolute Gasteiger partial charge is 0.477 e. The maximum atomic E-state index is 11.2. The van der Waals surface area contributed by atoms with Gasteiger partial charge in [-0.3, -0.25) is 15.0 Å². The highest BCUT2D eigenvalue weighted by molar-refractivity contribution is 5.94. The number of carboxylic acids is 1. The van der Waals surface area contributed by atoms with Crippen LogP contribution < -0.4 is 5.48 Å². The fourth-order valence-electron chi connectivity index (χ4n) is 2.38. The van der Waals surface area contributed by atoms with Crippen LogP contribution in [-0.2, 0) is 11.4 Å². The van der Waals surface area contributed by atoms with Crippen LogP contribution in [0.1, 0.15) is 41.6 Å². The van der Waals surface area contributed by atoms with E-state index in [1.54, 1.807) is 6.07 Å². The minimum absolute atomic E-state index is 0.125. The molecule has 2 rings (SSSR count). The molecule has 1 aliphatic carbocycles. The quantitative estimate of drug-likeness (QED) is 0.612. The molecule has 7 nitrogen and oxygen atoms in total. The van der Waals surface area contributed by atoms with Crippen molar-refractivity contribution in [3.05, 3.63) is 39.4 Å². The molecule has 0 radical (unpaired) electrons. The number of aromatic carboxylic acids is 1. The second kappa shape index (κ2) is 6.44. The Bertz CT molecular complexity index is 511. The Morgan fingerprint density at radius 1 is 1.45 bits per heavy atom. The Kier molecular flexibility index (Phi) is 4.65. The average Bonchev–Trinajstić information content (AvgIpc) is 2.91. The van der Waals surface area contributed by atoms with Gasteiger partial charge in [0, 0.05) is 12.6 Å². The van der Waals surface area contributed by atoms with Gasteiger partial charge in [-0.25, -0.2) is 4.79 Å². The zero-order valence-corrected chi connectivity index (χ0v) is 10.9. The van der Waals surface area contributed by atoms with E-state index in [9.17, 15) is 14.9 Å². The van der Waals surface area contributed by atoms with Crippen molar-refractivity contribution >= 4 is 11.7 Å². The van der Waals surface area contributed by atoms with E-state index in [1.165, 1.54) is 12.1 Å². The highest BCUT2D eigenvalue weighted by Crippen LogP contribution is 2.23. The van der Waals surface area contributed by atoms with E-state index >= 15 is 0 Å². The van der Waals surface area contributed by atoms with Gasteiger partial charge in [0.1, 0.15) is 5.56 Å². The number of nitro benzene ring substituents is 1. The van der Waals surface area contributed by atoms with Crippen molar-refractivity contribution in [1.29, 1.82) is 0 Å². The number of benzene rings is 1. The van der Waals surface area contributed by atoms with Gasteiger partial charge in [-0.05, 0) is 18.4 Å². The summed E-state index contributed by atoms with van der Waals surface area (Å²) in [6, 6.07) is 4.20. The second-order valence-electron chi connectivity index (χ2n) is 4.72. The van der Waals surface area contributed by atoms with E-state index < -0.39 is 16.6 Å². The van der Waals surface area contributed by atoms with E-state index in [0.29, 0.717) is 5.56 Å². The van der Waals surface area contributed by atoms with Crippen LogP contribution in [-0.4, -0.2) is 22.1 Å². The predicted molar refractivity (Wildman–Crippen MR) is 70.2 cm³/mol. The summed E-state index contributed by atoms with van der Waals surface area (Å²) in [7, 11) is 0. The van der Waals surface area contributed by atoms with Crippen LogP contribution in [0.5, 0.6) is 0 Å². The first-order valence-electron chi connectivity index (χ1n) is 6.47. The second-order valence-corrected chi connectivity index (χ2v) is 4.72. The van der Waals surface area contributed by atoms with Crippen LogP contribution in [0.3, 0.4) is 0 Å². The molecule has 0 aromatic heterocycles. The van der Waals surface area contributed by atoms with Crippen molar-refractivity contribution in [2.24, 2.45) is 0 Å². The first-order chi connectivity index (χ1) is 9.59. The summed E-state index contributed by atoms with van der Waals surface area (Å²) in [4.78, 5) is 26.8. The molecule has 1 aromatic carbocycles. The van der Waals surface area contributed by atoms with Gasteiger partial charge >= 0.3 is 5.97 Å². The van der Waals surface area contributed by atoms with Gasteiger partial charge in [-0.2, -0.15) is 5.48 Å². The normalized spacial score (nSPS) is 15.4. The van der Waals surface area contributed by atoms with E-state index in [0.717, 1.165) is 25.7 Å². The van der Waals surface area contributed by atoms with Gasteiger partial charge in [0.05, 0.1) is 11.0 Å². The standard InChI is InChI=1S/C13H16N2O5/c16-13(17)12-9(4-3-7-11(12)15(18)19)8-14-20-10-5-1-2-6-10/h3-4,7,10,14H,1-2,5-6,8H2,(H,16,17). The van der Waals surface area contributed by atoms with Crippen LogP contribution in [0.25, 0.3) is 0 Å². The first kappa shape index (κ1) is 14.4. The number of hydrogen-bond acceptors (Lipinski definition) is 5. The van der Waals surface area contributed by atoms with E-state index in [4.69, 9.17) is 9.94 Å². The van der Waals surface area contributed by atoms with E-state index in [2.05, 4.69) is 5.48 Å². The van der Waals surface area contributed by atoms with Crippen molar-refractivity contribution in [2.75, 3.05) is 0 Å². The number of carbonyl (C=O) groups is 1. The molecular weight excluding hydrogens is 264 g/mol. The Morgan fingerprint density at radius 2 is 2.15 bits per heavy atom. The number of hydroxylamine groups is 1. The monoisotopic (exact) mass is 280 g/mol. The molecule has 1 aliphatic rings. The van der Waals surface area contributed by atoms with E-state index in [1.807, 2.05) is 0 Å². The zero-order chi connectivity index (χ0) is 14.5. The third-order valence-electron chi connectivity index (χ3n) is 3.35. The SMILES string of the molecule is O=C(O)c1c(CNOC2CCCC2)cccc1[N+](=O)[O-]. The molecule has 0 unspecified atom stereocenters. The Balaban J connectivity index is 2.08. The fourth-order valence-corrected chi connectivity index (χ4v) is 2.38. The van der Waals surface area contributed by atoms with Crippen molar-refractivity contribution in [2.45, 2.75) is 38.3 Å². The molecule has 2 N–H and O–H groups in total. The van der Waals surface area contributed by atoms with Gasteiger partial charge in [0.25, 0.3) is 5.69 Å². The summed E-state index contributed by atoms with van der Waals surface area (Å²) in [5.41, 5.74) is 2.36. The number of nitro groups is 1. The molecule has 108 valence electrons. The summed E-state index contributed by atoms with van der Waals surface area (Å²) in [5, 5.41) is 20.0. The lowest BCUT2D eigenvalue weighted by molar-refractivity contribution is -0.385. The van der Waals surface area contributed by atoms with Crippen molar-refractivity contribution in [1.82, 2.24) is 5.48 Å². The molecular formula is C13H16N2O5. The van der Waals surface area contributed by atoms with Crippen LogP contribution >= 0.6 is 0 Å². The Morgan fingerprint density at radius 3 is 2.75 bits per heavy atom. The number of nitrogens with zero attached hydrogens (tertiary/aromatic N) is 1. The Labute approximate surface area is 115 Å². The van der Waals surface area contributed by atoms with Gasteiger partial charge in [0.15, 0.2) is 0 Å². The van der Waals surface area contributed by atoms with Crippen LogP contribution in [0.15, 0.2) is 18.2 Å². The molecule has 0 saturated heterocycles. The zero-order valence-electron chi connectivity index (χ0n) is 10.9. The molecule has 7 heteroatoms. The molecule has 1 aromatic rings. The van der Waals surface area contributed by atoms with Crippen molar-refractivity contribution in [3.63, 3.8) is 0 Å². The van der Waals surface area contributed by atoms with Gasteiger partial charge in [-0.15, -0.1) is 0 Å². The smallest absolute Gasteiger partial charge is 0.343 e. The number of hydrogen-bond donors (Lipinski definition) is 2. The Hall–Kier alpha value is -1.99. The molecule has 0 aliphatic heterocycles. The summed E-state index contributed by atoms with van der Waals surface area (Å²) >= 11 is 0. The predicted octanol–water partition coefficient (Wildman–Crippen LogP) is 2.26. The summed E-state index contributed by atoms with van der Waals surface area (Å²) in [6.45, 7) is 0.125. The highest BCUT2D eigenvalue weighted by atomic mass is 16.7. The lowest BCUT2D eigenvalue weighted by Crippen LogP contribution is -2.22. The third-order valence-corrected chi connectivity index (χ3v) is 3.35. The first-order valence-corrected chi connectivity index (χ1v) is 6.47. The number of rotatable bonds is 6. The lowest BCUT2D eigenvalue weighted by atomic mass is 10.1. The van der Waals surface area contributed by atoms with Crippen molar-refractivity contribution in [3.8, 4) is 0 Å². The van der Waals surface area contributed by atoms with Gasteiger partial charge in [-0.1, -0.05) is 25.0 Å². The fraction of sp³-hybridized carbons (Fsp3) is 0.462. The number of carboxylic acid groups (broad SMARTS) is 1. The van der Waals surface area contributed by atoms with Crippen LogP contribution in [0, 0.1) is 10.1 Å². The average molecular weight is 280 g/mol. The molecule has 1 saturated carbocycles. The summed E-state index contributed by atoms with van der Waals surface area (Å²) in [6.07, 6.45) is 4.36. The third kappa shape index (κ3) is 3.31. The minimum atomic E-state index is -1.31. The molecule has 0 amide bonds. The lowest BCUT2D eigenvalue weighted by Gasteiger charge is -2.12. The van der Waals surface area contributed by atoms with Gasteiger partial charge < -0.3 is 5.11 Å². The molecule has 1 fully saturated rings. The molecule has 0 atom stereocenters. The molecule has 20 heavy (non-hydrogen) atoms. The topological polar surface area (TPSA) is 102 Å². The minimum Gasteiger partial charge on any atom is -0.477 e. The van der Waals surface area contributed by atoms with Crippen LogP contribution in [0.2, 0.25) is 0 Å². The van der Waals surface area contributed by atoms with Crippen LogP contribution in [0.4, 0.5) is 5.69 Å². The highest BCUT2D eigenvalue weighted by Gasteiger charge is 2.23. The van der Waals surface area contributed by atoms with Crippen molar-refractivity contribution < 1.29 is 19.7 Å². The maximum absolute atomic E-state index is 11.2. The number of nitrogens with one attached hydrogen (secondary N) is 1. The molecule has 0 heterocycles. The van der Waals surface area contributed by atoms with E-state index in [-0.39, 0.29) is 18.2 Å². The summed E-state index contributed by atoms with van der Waals surface area (Å²) in [5.74, 6) is -1.31. The maximum Gasteiger partial charge on any atom is 0.343 e. The molecule has 0 spiro atoms. The molecule has 0 bridgehead atoms. The van der Waals surface area contributed by atoms with Gasteiger partial charge in [0.2, 0.25) is 0 Å². The summed E-state index contributed by atoms with van der Waals surface area (Å²) < 4.78 is 0.